The molecule has 0 radical (unpaired) electrons. The highest BCUT2D eigenvalue weighted by Gasteiger charge is 2.15. The van der Waals surface area contributed by atoms with E-state index in [4.69, 9.17) is 16.3 Å². The van der Waals surface area contributed by atoms with Gasteiger partial charge in [0.1, 0.15) is 5.82 Å². The van der Waals surface area contributed by atoms with E-state index in [0.717, 1.165) is 5.56 Å². The van der Waals surface area contributed by atoms with E-state index in [-0.39, 0.29) is 22.4 Å². The first-order chi connectivity index (χ1) is 11.0. The van der Waals surface area contributed by atoms with Crippen LogP contribution in [0, 0.1) is 5.82 Å². The third-order valence-corrected chi connectivity index (χ3v) is 3.51. The fourth-order valence-corrected chi connectivity index (χ4v) is 2.17. The summed E-state index contributed by atoms with van der Waals surface area (Å²) in [7, 11) is 0. The number of esters is 1. The van der Waals surface area contributed by atoms with Crippen molar-refractivity contribution in [2.45, 2.75) is 13.0 Å². The number of carbonyl (C=O) groups excluding carboxylic acids is 2. The van der Waals surface area contributed by atoms with Gasteiger partial charge in [0, 0.05) is 0 Å². The van der Waals surface area contributed by atoms with E-state index in [2.05, 4.69) is 5.32 Å². The molecule has 23 heavy (non-hydrogen) atoms. The molecular formula is C17H15ClFNO3. The molecule has 0 saturated carbocycles. The van der Waals surface area contributed by atoms with Crippen LogP contribution >= 0.6 is 11.6 Å². The van der Waals surface area contributed by atoms with Crippen LogP contribution in [0.1, 0.15) is 28.9 Å². The summed E-state index contributed by atoms with van der Waals surface area (Å²) in [5.41, 5.74) is 0.950. The van der Waals surface area contributed by atoms with Gasteiger partial charge in [-0.3, -0.25) is 4.79 Å². The first-order valence-electron chi connectivity index (χ1n) is 6.94. The second-order valence-electron chi connectivity index (χ2n) is 4.90. The van der Waals surface area contributed by atoms with Crippen molar-refractivity contribution in [2.75, 3.05) is 6.61 Å². The molecule has 0 aromatic heterocycles. The number of amides is 1. The average molecular weight is 336 g/mol. The summed E-state index contributed by atoms with van der Waals surface area (Å²) in [6, 6.07) is 11.9. The number of hydrogen-bond donors (Lipinski definition) is 1. The van der Waals surface area contributed by atoms with Gasteiger partial charge in [0.25, 0.3) is 5.91 Å². The summed E-state index contributed by atoms with van der Waals surface area (Å²) < 4.78 is 17.8. The van der Waals surface area contributed by atoms with Crippen molar-refractivity contribution >= 4 is 23.5 Å². The number of carbonyl (C=O) groups is 2. The Morgan fingerprint density at radius 2 is 1.83 bits per heavy atom. The highest BCUT2D eigenvalue weighted by molar-refractivity contribution is 6.33. The molecule has 0 fully saturated rings. The van der Waals surface area contributed by atoms with Crippen molar-refractivity contribution < 1.29 is 18.7 Å². The van der Waals surface area contributed by atoms with Crippen LogP contribution in [0.2, 0.25) is 5.02 Å². The van der Waals surface area contributed by atoms with E-state index < -0.39 is 18.5 Å². The topological polar surface area (TPSA) is 55.4 Å². The van der Waals surface area contributed by atoms with Crippen molar-refractivity contribution in [2.24, 2.45) is 0 Å². The maximum Gasteiger partial charge on any atom is 0.340 e. The number of ether oxygens (including phenoxy) is 1. The van der Waals surface area contributed by atoms with E-state index in [9.17, 15) is 14.0 Å². The lowest BCUT2D eigenvalue weighted by Gasteiger charge is -2.14. The van der Waals surface area contributed by atoms with Gasteiger partial charge in [-0.2, -0.15) is 0 Å². The van der Waals surface area contributed by atoms with Crippen LogP contribution in [0.4, 0.5) is 4.39 Å². The lowest BCUT2D eigenvalue weighted by molar-refractivity contribution is -0.124. The number of hydrogen-bond acceptors (Lipinski definition) is 3. The van der Waals surface area contributed by atoms with Gasteiger partial charge in [-0.15, -0.1) is 0 Å². The molecule has 0 aliphatic heterocycles. The highest BCUT2D eigenvalue weighted by Crippen LogP contribution is 2.16. The number of rotatable bonds is 5. The fraction of sp³-hybridized carbons (Fsp3) is 0.176. The van der Waals surface area contributed by atoms with E-state index in [1.54, 1.807) is 37.3 Å². The summed E-state index contributed by atoms with van der Waals surface area (Å²) in [5, 5.41) is 2.93. The lowest BCUT2D eigenvalue weighted by atomic mass is 10.1. The van der Waals surface area contributed by atoms with Crippen LogP contribution < -0.4 is 5.32 Å². The molecule has 2 aromatic carbocycles. The van der Waals surface area contributed by atoms with Gasteiger partial charge in [0.05, 0.1) is 16.6 Å². The zero-order valence-corrected chi connectivity index (χ0v) is 13.1. The first-order valence-corrected chi connectivity index (χ1v) is 7.31. The number of benzene rings is 2. The van der Waals surface area contributed by atoms with Crippen LogP contribution in [0.5, 0.6) is 0 Å². The molecule has 0 spiro atoms. The summed E-state index contributed by atoms with van der Waals surface area (Å²) >= 11 is 5.88. The Morgan fingerprint density at radius 3 is 2.48 bits per heavy atom. The molecule has 0 saturated heterocycles. The van der Waals surface area contributed by atoms with Gasteiger partial charge in [-0.1, -0.05) is 35.9 Å². The molecule has 0 aliphatic rings. The minimum absolute atomic E-state index is 0.202. The monoisotopic (exact) mass is 335 g/mol. The highest BCUT2D eigenvalue weighted by atomic mass is 35.5. The molecule has 0 aliphatic carbocycles. The normalized spacial score (nSPS) is 11.6. The first kappa shape index (κ1) is 17.0. The average Bonchev–Trinajstić information content (AvgIpc) is 2.53. The van der Waals surface area contributed by atoms with E-state index in [1.807, 2.05) is 0 Å². The van der Waals surface area contributed by atoms with E-state index in [1.165, 1.54) is 18.2 Å². The quantitative estimate of drug-likeness (QED) is 0.851. The third-order valence-electron chi connectivity index (χ3n) is 3.18. The molecule has 120 valence electrons. The SMILES string of the molecule is CC(NC(=O)COC(=O)c1ccccc1Cl)c1ccc(F)cc1. The zero-order valence-electron chi connectivity index (χ0n) is 12.4. The molecule has 2 aromatic rings. The summed E-state index contributed by atoms with van der Waals surface area (Å²) in [6.07, 6.45) is 0. The fourth-order valence-electron chi connectivity index (χ4n) is 1.95. The Hall–Kier alpha value is -2.40. The van der Waals surface area contributed by atoms with Crippen LogP contribution in [-0.2, 0) is 9.53 Å². The van der Waals surface area contributed by atoms with Gasteiger partial charge >= 0.3 is 5.97 Å². The smallest absolute Gasteiger partial charge is 0.340 e. The molecular weight excluding hydrogens is 321 g/mol. The number of halogens is 2. The maximum atomic E-state index is 12.9. The summed E-state index contributed by atoms with van der Waals surface area (Å²) in [5.74, 6) is -1.47. The van der Waals surface area contributed by atoms with Gasteiger partial charge in [-0.05, 0) is 36.8 Å². The second-order valence-corrected chi connectivity index (χ2v) is 5.30. The molecule has 0 bridgehead atoms. The Balaban J connectivity index is 1.86. The van der Waals surface area contributed by atoms with Crippen molar-refractivity contribution in [3.8, 4) is 0 Å². The predicted octanol–water partition coefficient (Wildman–Crippen LogP) is 3.51. The van der Waals surface area contributed by atoms with Crippen molar-refractivity contribution in [1.82, 2.24) is 5.32 Å². The predicted molar refractivity (Wildman–Crippen MR) is 84.7 cm³/mol. The standard InChI is InChI=1S/C17H15ClFNO3/c1-11(12-6-8-13(19)9-7-12)20-16(21)10-23-17(22)14-4-2-3-5-15(14)18/h2-9,11H,10H2,1H3,(H,20,21). The van der Waals surface area contributed by atoms with Gasteiger partial charge in [-0.25, -0.2) is 9.18 Å². The third kappa shape index (κ3) is 4.79. The molecule has 1 N–H and O–H groups in total. The second kappa shape index (κ2) is 7.74. The molecule has 4 nitrogen and oxygen atoms in total. The Labute approximate surface area is 138 Å². The molecule has 1 atom stereocenters. The minimum Gasteiger partial charge on any atom is -0.452 e. The van der Waals surface area contributed by atoms with Crippen LogP contribution in [0.25, 0.3) is 0 Å². The summed E-state index contributed by atoms with van der Waals surface area (Å²) in [4.78, 5) is 23.7. The summed E-state index contributed by atoms with van der Waals surface area (Å²) in [6.45, 7) is 1.33. The van der Waals surface area contributed by atoms with Gasteiger partial charge in [0.15, 0.2) is 6.61 Å². The van der Waals surface area contributed by atoms with Crippen molar-refractivity contribution in [3.63, 3.8) is 0 Å². The largest absolute Gasteiger partial charge is 0.452 e. The lowest BCUT2D eigenvalue weighted by Crippen LogP contribution is -2.31. The minimum atomic E-state index is -0.666. The Kier molecular flexibility index (Phi) is 5.71. The van der Waals surface area contributed by atoms with Gasteiger partial charge in [0.2, 0.25) is 0 Å². The Morgan fingerprint density at radius 1 is 1.17 bits per heavy atom. The molecule has 0 heterocycles. The van der Waals surface area contributed by atoms with Crippen molar-refractivity contribution in [1.29, 1.82) is 0 Å². The zero-order chi connectivity index (χ0) is 16.8. The molecule has 2 rings (SSSR count). The Bertz CT molecular complexity index is 703. The number of nitrogens with one attached hydrogen (secondary N) is 1. The molecule has 6 heteroatoms. The molecule has 1 unspecified atom stereocenters. The van der Waals surface area contributed by atoms with Crippen LogP contribution in [0.3, 0.4) is 0 Å². The maximum absolute atomic E-state index is 12.9. The molecule has 1 amide bonds. The van der Waals surface area contributed by atoms with Crippen LogP contribution in [0.15, 0.2) is 48.5 Å². The van der Waals surface area contributed by atoms with E-state index >= 15 is 0 Å². The van der Waals surface area contributed by atoms with Crippen molar-refractivity contribution in [3.05, 3.63) is 70.5 Å². The van der Waals surface area contributed by atoms with Crippen LogP contribution in [-0.4, -0.2) is 18.5 Å². The van der Waals surface area contributed by atoms with Gasteiger partial charge < -0.3 is 10.1 Å². The van der Waals surface area contributed by atoms with E-state index in [0.29, 0.717) is 0 Å².